The van der Waals surface area contributed by atoms with Gasteiger partial charge in [0.25, 0.3) is 0 Å². The monoisotopic (exact) mass is 654 g/mol. The SMILES string of the molecule is C=C(C)C(=O)Oc1cc(-c2ccc(C3CCC(C)CC3)cc2C)cc(-c2ccc(OC(=O)C(C)=O)c(CCCO)c2)c1CCCCCO. The summed E-state index contributed by atoms with van der Waals surface area (Å²) in [6.07, 6.45) is 8.60. The fourth-order valence-electron chi connectivity index (χ4n) is 6.53. The predicted octanol–water partition coefficient (Wildman–Crippen LogP) is 8.23. The molecule has 0 bridgehead atoms. The number of ether oxygens (including phenoxy) is 2. The summed E-state index contributed by atoms with van der Waals surface area (Å²) in [6, 6.07) is 16.2. The van der Waals surface area contributed by atoms with Crippen LogP contribution in [0.4, 0.5) is 0 Å². The normalized spacial score (nSPS) is 16.0. The highest BCUT2D eigenvalue weighted by molar-refractivity contribution is 6.33. The number of unbranched alkanes of at least 4 members (excludes halogenated alkanes) is 2. The summed E-state index contributed by atoms with van der Waals surface area (Å²) >= 11 is 0. The van der Waals surface area contributed by atoms with Gasteiger partial charge in [0.05, 0.1) is 0 Å². The third kappa shape index (κ3) is 9.51. The molecule has 1 aliphatic carbocycles. The molecular formula is C41H50O7. The third-order valence-electron chi connectivity index (χ3n) is 9.36. The molecule has 0 radical (unpaired) electrons. The van der Waals surface area contributed by atoms with Crippen molar-refractivity contribution in [3.8, 4) is 33.8 Å². The van der Waals surface area contributed by atoms with Gasteiger partial charge in [0.15, 0.2) is 0 Å². The Kier molecular flexibility index (Phi) is 13.3. The maximum absolute atomic E-state index is 13.0. The first-order valence-electron chi connectivity index (χ1n) is 17.3. The largest absolute Gasteiger partial charge is 0.423 e. The van der Waals surface area contributed by atoms with E-state index in [1.165, 1.54) is 31.2 Å². The number of ketones is 1. The molecule has 7 heteroatoms. The van der Waals surface area contributed by atoms with E-state index in [-0.39, 0.29) is 19.0 Å². The van der Waals surface area contributed by atoms with Gasteiger partial charge in [0.2, 0.25) is 5.78 Å². The Morgan fingerprint density at radius 3 is 2.10 bits per heavy atom. The number of aliphatic hydroxyl groups excluding tert-OH is 2. The van der Waals surface area contributed by atoms with Crippen molar-refractivity contribution in [2.45, 2.75) is 97.8 Å². The Hall–Kier alpha value is -4.07. The van der Waals surface area contributed by atoms with E-state index in [2.05, 4.69) is 44.7 Å². The number of hydrogen-bond acceptors (Lipinski definition) is 7. The number of benzene rings is 3. The summed E-state index contributed by atoms with van der Waals surface area (Å²) in [6.45, 7) is 11.1. The number of hydrogen-bond donors (Lipinski definition) is 2. The van der Waals surface area contributed by atoms with Crippen LogP contribution in [0.3, 0.4) is 0 Å². The van der Waals surface area contributed by atoms with E-state index in [0.29, 0.717) is 48.5 Å². The Balaban J connectivity index is 1.88. The van der Waals surface area contributed by atoms with E-state index in [1.807, 2.05) is 18.2 Å². The summed E-state index contributed by atoms with van der Waals surface area (Å²) in [5.74, 6) is -0.0985. The molecule has 1 aliphatic rings. The summed E-state index contributed by atoms with van der Waals surface area (Å²) in [5, 5.41) is 19.0. The van der Waals surface area contributed by atoms with Gasteiger partial charge < -0.3 is 19.7 Å². The molecule has 0 unspecified atom stereocenters. The molecule has 1 saturated carbocycles. The van der Waals surface area contributed by atoms with Crippen LogP contribution in [0.1, 0.15) is 100 Å². The standard InChI is InChI=1S/C41H50O7/c1-26(2)40(45)48-39-25-34(35-18-16-31(22-28(35)4)30-14-12-27(3)13-15-30)24-37(36(39)11-7-6-8-20-42)32-17-19-38(47-41(46)29(5)44)33(23-32)10-9-21-43/h16-19,22-25,27,30,42-43H,1,6-15,20-21H2,2-5H3. The molecule has 2 N–H and O–H groups in total. The Morgan fingerprint density at radius 1 is 0.750 bits per heavy atom. The first-order valence-corrected chi connectivity index (χ1v) is 17.3. The summed E-state index contributed by atoms with van der Waals surface area (Å²) in [7, 11) is 0. The average molecular weight is 655 g/mol. The molecule has 0 amide bonds. The predicted molar refractivity (Wildman–Crippen MR) is 189 cm³/mol. The first kappa shape index (κ1) is 36.8. The number of aliphatic hydroxyl groups is 2. The number of aryl methyl sites for hydroxylation is 2. The minimum Gasteiger partial charge on any atom is -0.423 e. The van der Waals surface area contributed by atoms with Gasteiger partial charge in [-0.2, -0.15) is 0 Å². The van der Waals surface area contributed by atoms with Crippen molar-refractivity contribution in [2.24, 2.45) is 5.92 Å². The molecule has 0 atom stereocenters. The molecule has 0 heterocycles. The molecule has 7 nitrogen and oxygen atoms in total. The van der Waals surface area contributed by atoms with E-state index in [1.54, 1.807) is 13.0 Å². The smallest absolute Gasteiger partial charge is 0.379 e. The highest BCUT2D eigenvalue weighted by atomic mass is 16.5. The van der Waals surface area contributed by atoms with E-state index in [4.69, 9.17) is 9.47 Å². The van der Waals surface area contributed by atoms with Crippen LogP contribution >= 0.6 is 0 Å². The molecular weight excluding hydrogens is 604 g/mol. The minimum atomic E-state index is -0.949. The number of esters is 2. The molecule has 0 saturated heterocycles. The lowest BCUT2D eigenvalue weighted by Crippen LogP contribution is -2.17. The quantitative estimate of drug-likeness (QED) is 0.0559. The van der Waals surface area contributed by atoms with Crippen molar-refractivity contribution in [2.75, 3.05) is 13.2 Å². The average Bonchev–Trinajstić information content (AvgIpc) is 3.06. The molecule has 256 valence electrons. The van der Waals surface area contributed by atoms with E-state index in [0.717, 1.165) is 59.1 Å². The van der Waals surface area contributed by atoms with Crippen LogP contribution < -0.4 is 9.47 Å². The lowest BCUT2D eigenvalue weighted by Gasteiger charge is -2.27. The van der Waals surface area contributed by atoms with Gasteiger partial charge in [0.1, 0.15) is 11.5 Å². The zero-order chi connectivity index (χ0) is 34.8. The fourth-order valence-corrected chi connectivity index (χ4v) is 6.53. The zero-order valence-corrected chi connectivity index (χ0v) is 28.9. The molecule has 48 heavy (non-hydrogen) atoms. The number of rotatable bonds is 15. The second-order valence-corrected chi connectivity index (χ2v) is 13.3. The highest BCUT2D eigenvalue weighted by Crippen LogP contribution is 2.42. The fraction of sp³-hybridized carbons (Fsp3) is 0.439. The van der Waals surface area contributed by atoms with Crippen LogP contribution in [0.2, 0.25) is 0 Å². The molecule has 4 rings (SSSR count). The Morgan fingerprint density at radius 2 is 1.46 bits per heavy atom. The zero-order valence-electron chi connectivity index (χ0n) is 28.9. The number of carbonyl (C=O) groups is 3. The molecule has 3 aromatic carbocycles. The van der Waals surface area contributed by atoms with Crippen LogP contribution in [-0.2, 0) is 27.2 Å². The third-order valence-corrected chi connectivity index (χ3v) is 9.36. The summed E-state index contributed by atoms with van der Waals surface area (Å²) in [5.41, 5.74) is 7.94. The van der Waals surface area contributed by atoms with Gasteiger partial charge in [-0.05, 0) is 134 Å². The van der Waals surface area contributed by atoms with E-state index < -0.39 is 17.7 Å². The van der Waals surface area contributed by atoms with Crippen LogP contribution in [0, 0.1) is 12.8 Å². The van der Waals surface area contributed by atoms with Crippen molar-refractivity contribution < 1.29 is 34.1 Å². The second-order valence-electron chi connectivity index (χ2n) is 13.3. The Labute approximate surface area is 285 Å². The molecule has 0 aromatic heterocycles. The highest BCUT2D eigenvalue weighted by Gasteiger charge is 2.23. The summed E-state index contributed by atoms with van der Waals surface area (Å²) < 4.78 is 11.4. The minimum absolute atomic E-state index is 0.0495. The van der Waals surface area contributed by atoms with Crippen LogP contribution in [0.25, 0.3) is 22.3 Å². The topological polar surface area (TPSA) is 110 Å². The molecule has 0 spiro atoms. The van der Waals surface area contributed by atoms with Gasteiger partial charge in [-0.3, -0.25) is 4.79 Å². The van der Waals surface area contributed by atoms with E-state index in [9.17, 15) is 24.6 Å². The molecule has 0 aliphatic heterocycles. The van der Waals surface area contributed by atoms with Crippen molar-refractivity contribution in [3.05, 3.63) is 82.9 Å². The lowest BCUT2D eigenvalue weighted by atomic mass is 9.78. The van der Waals surface area contributed by atoms with Gasteiger partial charge >= 0.3 is 11.9 Å². The van der Waals surface area contributed by atoms with Crippen molar-refractivity contribution >= 4 is 17.7 Å². The lowest BCUT2D eigenvalue weighted by molar-refractivity contribution is -0.146. The van der Waals surface area contributed by atoms with Gasteiger partial charge in [-0.1, -0.05) is 57.0 Å². The van der Waals surface area contributed by atoms with Crippen LogP contribution in [0.15, 0.2) is 60.7 Å². The van der Waals surface area contributed by atoms with Crippen molar-refractivity contribution in [1.29, 1.82) is 0 Å². The van der Waals surface area contributed by atoms with Gasteiger partial charge in [-0.15, -0.1) is 0 Å². The molecule has 1 fully saturated rings. The van der Waals surface area contributed by atoms with Gasteiger partial charge in [0, 0.05) is 31.3 Å². The molecule has 3 aromatic rings. The first-order chi connectivity index (χ1) is 23.0. The van der Waals surface area contributed by atoms with Crippen molar-refractivity contribution in [1.82, 2.24) is 0 Å². The number of carbonyl (C=O) groups excluding carboxylic acids is 3. The summed E-state index contributed by atoms with van der Waals surface area (Å²) in [4.78, 5) is 36.8. The van der Waals surface area contributed by atoms with Crippen LogP contribution in [0.5, 0.6) is 11.5 Å². The Bertz CT molecular complexity index is 1630. The maximum atomic E-state index is 13.0. The van der Waals surface area contributed by atoms with E-state index >= 15 is 0 Å². The number of Topliss-reactive ketones (excluding diaryl/α,β-unsaturated/α-hetero) is 1. The maximum Gasteiger partial charge on any atom is 0.379 e. The van der Waals surface area contributed by atoms with Gasteiger partial charge in [-0.25, -0.2) is 9.59 Å². The second kappa shape index (κ2) is 17.4. The van der Waals surface area contributed by atoms with Crippen LogP contribution in [-0.4, -0.2) is 41.1 Å². The van der Waals surface area contributed by atoms with Crippen molar-refractivity contribution in [3.63, 3.8) is 0 Å².